The summed E-state index contributed by atoms with van der Waals surface area (Å²) in [4.78, 5) is 122. The normalized spacial score (nSPS) is 23.6. The van der Waals surface area contributed by atoms with Gasteiger partial charge in [0.2, 0.25) is 17.7 Å². The highest BCUT2D eigenvalue weighted by Crippen LogP contribution is 2.27. The zero-order valence-electron chi connectivity index (χ0n) is 70.9. The number of hydrogen-bond acceptors (Lipinski definition) is 26. The number of fused-ring (bicyclic) bond motifs is 2. The van der Waals surface area contributed by atoms with Gasteiger partial charge in [-0.25, -0.2) is 29.0 Å². The first-order chi connectivity index (χ1) is 58.2. The molecule has 15 atom stereocenters. The molecule has 0 spiro atoms. The van der Waals surface area contributed by atoms with E-state index in [9.17, 15) is 58.2 Å². The zero-order chi connectivity index (χ0) is 88.2. The SMILES string of the molecule is C/C=C/C(=O)N1C(=O)OC[C@@H]1Cc1ccccc1.C=CCOC[C@@H](O)[C@@H](C=C)C(=O)N1C(=O)OC[C@@H]1Cc1ccccc1.C=CCOC[C@H]1OC(=O)N[C@@H]1C=C.CC(C)C[C@@H](NC(=O)c1cc2ccccc2s1)C(=O)N[C@@H]1CCCOCC1=O.CC(C)C[C@H](N)C(=O)N[C@@H]1CCCOC[C@H]1O.Cl.Cl.N[C@@H]1CCCOC[C@H]1O.O=C1N[C@@H]2CCCOC[C@H]2O1. The van der Waals surface area contributed by atoms with Crippen LogP contribution in [0, 0.1) is 17.8 Å². The molecule has 0 radical (unpaired) electrons. The number of rotatable bonds is 27. The number of nitrogens with two attached hydrogens (primary N) is 2. The Morgan fingerprint density at radius 3 is 1.83 bits per heavy atom. The molecule has 0 saturated carbocycles. The number of imide groups is 2. The molecule has 123 heavy (non-hydrogen) atoms. The molecule has 12 rings (SSSR count). The van der Waals surface area contributed by atoms with Crippen molar-refractivity contribution in [3.05, 3.63) is 170 Å². The average Bonchev–Trinajstić information content (AvgIpc) is 1.61. The van der Waals surface area contributed by atoms with E-state index in [1.54, 1.807) is 31.2 Å². The quantitative estimate of drug-likeness (QED) is 0.0116. The molecule has 4 aromatic rings. The second kappa shape index (κ2) is 58.2. The first-order valence-corrected chi connectivity index (χ1v) is 42.1. The summed E-state index contributed by atoms with van der Waals surface area (Å²) in [5, 5.41) is 43.9. The predicted molar refractivity (Wildman–Crippen MR) is 469 cm³/mol. The predicted octanol–water partition coefficient (Wildman–Crippen LogP) is 8.48. The van der Waals surface area contributed by atoms with Gasteiger partial charge in [0.05, 0.1) is 118 Å². The minimum Gasteiger partial charge on any atom is -0.447 e. The standard InChI is InChI=1S/C21H26N2O4S.C19H23NO5.C14H15NO3.C12H24N2O3.C9H13NO3.C7H11NO3.C6H13NO2.2ClH/c1-13(2)10-16(20(25)22-15-7-5-9-27-12-17(15)24)23-21(26)19-11-14-6-3-4-8-18(14)28-19;1-3-10-24-13-17(21)16(4-2)18(22)20-15(12-25-19(20)23)11-14-8-6-5-7-9-14;1-2-6-13(16)15-12(10-18-14(15)17)9-11-7-4-3-5-8-11;1-8(2)6-9(13)12(16)14-10-4-3-5-17-7-11(10)15;1-3-5-12-6-8-7(4-2)10-9(11)13-8;9-7-8-5-2-1-3-10-4-6(5)11-7;7-5-2-1-3-9-4-6(5)8;;/h3-4,6,8,11,13,15-16H,5,7,9-10,12H2,1-2H3,(H,22,25)(H,23,26);3-9,15-17,21H,1-2,10-13H2;2-8,12H,9-10H2,1H3;8-11,15H,3-7,13H2,1-2H3,(H,14,16);3-4,7-8H,1-2,5-6H2,(H,10,11);5-6H,1-4H2,(H,8,9);5-6,8H,1-4,7H2;2*1H/b;;6-2+;;;;;;/t15-,16-;15-,16+,17+;12-;9-,10+,11+;7-,8-;2*5-,6-;;/m1000111../s1. The fraction of sp³-hybridized carbons (Fsp3) is 0.545. The summed E-state index contributed by atoms with van der Waals surface area (Å²) in [6, 6.07) is 26.3. The minimum absolute atomic E-state index is 0. The highest BCUT2D eigenvalue weighted by atomic mass is 35.5. The van der Waals surface area contributed by atoms with Gasteiger partial charge < -0.3 is 101 Å². The summed E-state index contributed by atoms with van der Waals surface area (Å²) >= 11 is 1.40. The van der Waals surface area contributed by atoms with Gasteiger partial charge in [0.25, 0.3) is 11.8 Å². The third-order valence-electron chi connectivity index (χ3n) is 19.9. The molecule has 35 heteroatoms. The number of ether oxygens (including phenoxy) is 10. The number of Topliss-reactive ketones (excluding diaryl/α,β-unsaturated/α-hetero) is 1. The van der Waals surface area contributed by atoms with E-state index in [2.05, 4.69) is 52.9 Å². The molecule has 0 bridgehead atoms. The van der Waals surface area contributed by atoms with Crippen molar-refractivity contribution in [3.63, 3.8) is 0 Å². The molecule has 9 heterocycles. The van der Waals surface area contributed by atoms with Crippen molar-refractivity contribution >= 4 is 106 Å². The Labute approximate surface area is 737 Å². The maximum atomic E-state index is 12.8. The monoisotopic (exact) mass is 1780 g/mol. The van der Waals surface area contributed by atoms with Crippen LogP contribution in [0.2, 0.25) is 0 Å². The number of carbonyl (C=O) groups excluding carboxylic acids is 10. The molecule has 32 nitrogen and oxygen atoms in total. The number of nitrogens with one attached hydrogen (secondary N) is 5. The van der Waals surface area contributed by atoms with E-state index >= 15 is 0 Å². The smallest absolute Gasteiger partial charge is 0.417 e. The third-order valence-corrected chi connectivity index (χ3v) is 21.0. The summed E-state index contributed by atoms with van der Waals surface area (Å²) < 4.78 is 52.0. The number of thiophene rings is 1. The third kappa shape index (κ3) is 37.4. The number of hydrogen-bond donors (Lipinski definition) is 10. The van der Waals surface area contributed by atoms with E-state index in [0.717, 1.165) is 84.3 Å². The van der Waals surface area contributed by atoms with E-state index < -0.39 is 72.6 Å². The highest BCUT2D eigenvalue weighted by molar-refractivity contribution is 7.20. The fourth-order valence-corrected chi connectivity index (χ4v) is 14.5. The first kappa shape index (κ1) is 106. The Morgan fingerprint density at radius 1 is 0.659 bits per heavy atom. The lowest BCUT2D eigenvalue weighted by Gasteiger charge is -2.26. The molecular formula is C88H127Cl2N9O23S. The molecule has 8 fully saturated rings. The number of halogens is 2. The number of cyclic esters (lactones) is 3. The van der Waals surface area contributed by atoms with Crippen LogP contribution in [0.3, 0.4) is 0 Å². The summed E-state index contributed by atoms with van der Waals surface area (Å²) in [5.74, 6) is -2.08. The van der Waals surface area contributed by atoms with Crippen LogP contribution in [0.1, 0.15) is 120 Å². The van der Waals surface area contributed by atoms with E-state index in [1.807, 2.05) is 119 Å². The molecule has 1 aromatic heterocycles. The van der Waals surface area contributed by atoms with Crippen LogP contribution in [0.15, 0.2) is 154 Å². The largest absolute Gasteiger partial charge is 0.447 e. The van der Waals surface area contributed by atoms with Crippen molar-refractivity contribution in [1.29, 1.82) is 0 Å². The topological polar surface area (TPSA) is 442 Å². The van der Waals surface area contributed by atoms with Gasteiger partial charge in [0, 0.05) is 37.2 Å². The molecule has 8 aliphatic heterocycles. The number of benzene rings is 3. The second-order valence-electron chi connectivity index (χ2n) is 30.6. The number of allylic oxidation sites excluding steroid dienone is 1. The van der Waals surface area contributed by atoms with E-state index in [4.69, 9.17) is 63.9 Å². The van der Waals surface area contributed by atoms with Crippen LogP contribution < -0.4 is 38.1 Å². The summed E-state index contributed by atoms with van der Waals surface area (Å²) in [7, 11) is 0. The molecular weight excluding hydrogens is 1650 g/mol. The minimum atomic E-state index is -1.10. The lowest BCUT2D eigenvalue weighted by atomic mass is 9.99. The van der Waals surface area contributed by atoms with Gasteiger partial charge in [-0.05, 0) is 131 Å². The van der Waals surface area contributed by atoms with Crippen LogP contribution in [-0.4, -0.2) is 262 Å². The number of aliphatic hydroxyl groups is 3. The van der Waals surface area contributed by atoms with Crippen LogP contribution in [-0.2, 0) is 84.2 Å². The Bertz CT molecular complexity index is 3900. The van der Waals surface area contributed by atoms with Crippen molar-refractivity contribution in [2.24, 2.45) is 29.2 Å². The first-order valence-electron chi connectivity index (χ1n) is 41.2. The van der Waals surface area contributed by atoms with E-state index in [0.29, 0.717) is 82.5 Å². The molecule has 9 amide bonds. The number of carbonyl (C=O) groups is 10. The molecule has 0 unspecified atom stereocenters. The number of aliphatic hydroxyl groups excluding tert-OH is 3. The zero-order valence-corrected chi connectivity index (χ0v) is 73.4. The van der Waals surface area contributed by atoms with Crippen molar-refractivity contribution in [2.75, 3.05) is 92.5 Å². The highest BCUT2D eigenvalue weighted by Gasteiger charge is 2.43. The van der Waals surface area contributed by atoms with Crippen LogP contribution in [0.5, 0.6) is 0 Å². The molecule has 682 valence electrons. The Hall–Kier alpha value is -9.04. The van der Waals surface area contributed by atoms with Gasteiger partial charge in [0.15, 0.2) is 11.9 Å². The molecule has 12 N–H and O–H groups in total. The van der Waals surface area contributed by atoms with Crippen LogP contribution in [0.25, 0.3) is 10.1 Å². The second-order valence-corrected chi connectivity index (χ2v) is 31.7. The van der Waals surface area contributed by atoms with Gasteiger partial charge in [-0.3, -0.25) is 28.8 Å². The summed E-state index contributed by atoms with van der Waals surface area (Å²) in [5.41, 5.74) is 13.4. The Kier molecular flexibility index (Phi) is 50.3. The van der Waals surface area contributed by atoms with Gasteiger partial charge in [-0.2, -0.15) is 0 Å². The van der Waals surface area contributed by atoms with E-state index in [1.165, 1.54) is 28.4 Å². The van der Waals surface area contributed by atoms with Crippen LogP contribution in [0.4, 0.5) is 19.2 Å². The number of alkyl carbamates (subject to hydrolysis) is 2. The maximum Gasteiger partial charge on any atom is 0.417 e. The maximum absolute atomic E-state index is 12.8. The molecule has 8 saturated heterocycles. The fourth-order valence-electron chi connectivity index (χ4n) is 13.5. The van der Waals surface area contributed by atoms with Crippen LogP contribution >= 0.6 is 36.2 Å². The van der Waals surface area contributed by atoms with Crippen molar-refractivity contribution in [3.8, 4) is 0 Å². The van der Waals surface area contributed by atoms with Crippen molar-refractivity contribution in [1.82, 2.24) is 36.4 Å². The molecule has 8 aliphatic rings. The average molecular weight is 1780 g/mol. The van der Waals surface area contributed by atoms with Crippen molar-refractivity contribution in [2.45, 2.75) is 197 Å². The lowest BCUT2D eigenvalue weighted by Crippen LogP contribution is -2.52. The van der Waals surface area contributed by atoms with Crippen molar-refractivity contribution < 1.29 is 111 Å². The molecule has 0 aliphatic carbocycles. The number of amides is 9. The molecule has 3 aromatic carbocycles. The van der Waals surface area contributed by atoms with Gasteiger partial charge in [0.1, 0.15) is 32.0 Å². The Balaban J connectivity index is 0.000000309. The van der Waals surface area contributed by atoms with Gasteiger partial charge >= 0.3 is 24.4 Å². The number of ketones is 1. The summed E-state index contributed by atoms with van der Waals surface area (Å²) in [6.45, 7) is 29.4. The summed E-state index contributed by atoms with van der Waals surface area (Å²) in [6.07, 6.45) is 13.6. The van der Waals surface area contributed by atoms with Gasteiger partial charge in [-0.1, -0.05) is 137 Å². The number of nitrogens with zero attached hydrogens (tertiary/aromatic N) is 2. The van der Waals surface area contributed by atoms with E-state index in [-0.39, 0.29) is 148 Å². The van der Waals surface area contributed by atoms with Gasteiger partial charge in [-0.15, -0.1) is 62.5 Å². The Morgan fingerprint density at radius 2 is 1.22 bits per heavy atom. The lowest BCUT2D eigenvalue weighted by molar-refractivity contribution is -0.136.